The van der Waals surface area contributed by atoms with E-state index in [1.54, 1.807) is 0 Å². The minimum absolute atomic E-state index is 0.0569. The van der Waals surface area contributed by atoms with Gasteiger partial charge in [-0.15, -0.1) is 0 Å². The van der Waals surface area contributed by atoms with Crippen LogP contribution in [0.3, 0.4) is 0 Å². The number of ketones is 1. The SMILES string of the molecule is CC(=O)c1cc(O)cc2oc(C)c(C)c12. The first-order chi connectivity index (χ1) is 7.00. The van der Waals surface area contributed by atoms with E-state index in [9.17, 15) is 9.90 Å². The molecule has 0 radical (unpaired) electrons. The van der Waals surface area contributed by atoms with E-state index in [0.29, 0.717) is 11.1 Å². The molecule has 78 valence electrons. The summed E-state index contributed by atoms with van der Waals surface area (Å²) in [4.78, 5) is 11.4. The number of phenolic OH excluding ortho intramolecular Hbond substituents is 1. The van der Waals surface area contributed by atoms with Crippen LogP contribution in [-0.2, 0) is 0 Å². The van der Waals surface area contributed by atoms with Crippen molar-refractivity contribution in [2.24, 2.45) is 0 Å². The summed E-state index contributed by atoms with van der Waals surface area (Å²) in [5.74, 6) is 0.763. The molecule has 2 rings (SSSR count). The Balaban J connectivity index is 2.94. The highest BCUT2D eigenvalue weighted by Gasteiger charge is 2.15. The summed E-state index contributed by atoms with van der Waals surface area (Å²) in [6.45, 7) is 5.23. The van der Waals surface area contributed by atoms with Gasteiger partial charge in [-0.3, -0.25) is 4.79 Å². The van der Waals surface area contributed by atoms with E-state index in [1.807, 2.05) is 13.8 Å². The van der Waals surface area contributed by atoms with Crippen LogP contribution in [0.4, 0.5) is 0 Å². The third-order valence-corrected chi connectivity index (χ3v) is 2.63. The van der Waals surface area contributed by atoms with Gasteiger partial charge >= 0.3 is 0 Å². The molecule has 0 saturated heterocycles. The summed E-state index contributed by atoms with van der Waals surface area (Å²) in [7, 11) is 0. The largest absolute Gasteiger partial charge is 0.508 e. The summed E-state index contributed by atoms with van der Waals surface area (Å²) < 4.78 is 5.46. The molecule has 3 nitrogen and oxygen atoms in total. The van der Waals surface area contributed by atoms with Gasteiger partial charge in [-0.25, -0.2) is 0 Å². The first kappa shape index (κ1) is 9.77. The van der Waals surface area contributed by atoms with Gasteiger partial charge in [0.05, 0.1) is 0 Å². The van der Waals surface area contributed by atoms with Crippen LogP contribution in [0.25, 0.3) is 11.0 Å². The number of hydrogen-bond donors (Lipinski definition) is 1. The van der Waals surface area contributed by atoms with Crippen LogP contribution in [-0.4, -0.2) is 10.9 Å². The highest BCUT2D eigenvalue weighted by molar-refractivity contribution is 6.07. The molecule has 2 aromatic rings. The third kappa shape index (κ3) is 1.40. The van der Waals surface area contributed by atoms with Gasteiger partial charge in [0.25, 0.3) is 0 Å². The molecule has 0 aliphatic heterocycles. The van der Waals surface area contributed by atoms with E-state index in [1.165, 1.54) is 19.1 Å². The Morgan fingerprint density at radius 3 is 2.60 bits per heavy atom. The van der Waals surface area contributed by atoms with Crippen LogP contribution in [0, 0.1) is 13.8 Å². The Morgan fingerprint density at radius 2 is 2.00 bits per heavy atom. The molecule has 0 atom stereocenters. The lowest BCUT2D eigenvalue weighted by molar-refractivity contribution is 0.101. The van der Waals surface area contributed by atoms with Crippen molar-refractivity contribution in [3.05, 3.63) is 29.0 Å². The zero-order chi connectivity index (χ0) is 11.2. The van der Waals surface area contributed by atoms with Crippen molar-refractivity contribution in [1.29, 1.82) is 0 Å². The van der Waals surface area contributed by atoms with Crippen LogP contribution in [0.1, 0.15) is 28.6 Å². The first-order valence-electron chi connectivity index (χ1n) is 4.74. The Bertz CT molecular complexity index is 549. The minimum atomic E-state index is -0.0696. The number of carbonyl (C=O) groups excluding carboxylic acids is 1. The van der Waals surface area contributed by atoms with Gasteiger partial charge in [0.15, 0.2) is 5.78 Å². The second kappa shape index (κ2) is 3.12. The van der Waals surface area contributed by atoms with E-state index in [-0.39, 0.29) is 11.5 Å². The van der Waals surface area contributed by atoms with Gasteiger partial charge in [-0.05, 0) is 32.4 Å². The molecule has 1 N–H and O–H groups in total. The van der Waals surface area contributed by atoms with Gasteiger partial charge in [-0.1, -0.05) is 0 Å². The topological polar surface area (TPSA) is 50.4 Å². The zero-order valence-corrected chi connectivity index (χ0v) is 8.92. The molecule has 3 heteroatoms. The van der Waals surface area contributed by atoms with Gasteiger partial charge < -0.3 is 9.52 Å². The Labute approximate surface area is 87.3 Å². The van der Waals surface area contributed by atoms with Gasteiger partial charge in [-0.2, -0.15) is 0 Å². The molecule has 0 amide bonds. The molecule has 0 fully saturated rings. The standard InChI is InChI=1S/C12H12O3/c1-6-8(3)15-11-5-9(14)4-10(7(2)13)12(6)11/h4-5,14H,1-3H3. The van der Waals surface area contributed by atoms with Gasteiger partial charge in [0.1, 0.15) is 17.1 Å². The lowest BCUT2D eigenvalue weighted by Crippen LogP contribution is -1.93. The van der Waals surface area contributed by atoms with Crippen LogP contribution in [0.5, 0.6) is 5.75 Å². The Morgan fingerprint density at radius 1 is 1.33 bits per heavy atom. The first-order valence-corrected chi connectivity index (χ1v) is 4.74. The predicted octanol–water partition coefficient (Wildman–Crippen LogP) is 2.96. The van der Waals surface area contributed by atoms with Crippen molar-refractivity contribution in [3.8, 4) is 5.75 Å². The normalized spacial score (nSPS) is 10.9. The maximum atomic E-state index is 11.4. The van der Waals surface area contributed by atoms with Crippen molar-refractivity contribution in [1.82, 2.24) is 0 Å². The molecule has 0 spiro atoms. The quantitative estimate of drug-likeness (QED) is 0.726. The maximum Gasteiger partial charge on any atom is 0.160 e. The monoisotopic (exact) mass is 204 g/mol. The maximum absolute atomic E-state index is 11.4. The summed E-state index contributed by atoms with van der Waals surface area (Å²) in [6, 6.07) is 3.01. The Kier molecular flexibility index (Phi) is 2.03. The number of benzene rings is 1. The van der Waals surface area contributed by atoms with Crippen molar-refractivity contribution >= 4 is 16.8 Å². The lowest BCUT2D eigenvalue weighted by Gasteiger charge is -2.00. The molecule has 0 aliphatic rings. The number of hydrogen-bond acceptors (Lipinski definition) is 3. The van der Waals surface area contributed by atoms with Crippen molar-refractivity contribution in [3.63, 3.8) is 0 Å². The van der Waals surface area contributed by atoms with Gasteiger partial charge in [0.2, 0.25) is 0 Å². The molecule has 15 heavy (non-hydrogen) atoms. The van der Waals surface area contributed by atoms with E-state index >= 15 is 0 Å². The molecular formula is C12H12O3. The molecule has 0 unspecified atom stereocenters. The van der Waals surface area contributed by atoms with E-state index < -0.39 is 0 Å². The third-order valence-electron chi connectivity index (χ3n) is 2.63. The number of phenols is 1. The number of rotatable bonds is 1. The number of aryl methyl sites for hydroxylation is 2. The minimum Gasteiger partial charge on any atom is -0.508 e. The summed E-state index contributed by atoms with van der Waals surface area (Å²) in [6.07, 6.45) is 0. The number of carbonyl (C=O) groups is 1. The number of aromatic hydroxyl groups is 1. The molecule has 1 aromatic heterocycles. The van der Waals surface area contributed by atoms with Crippen molar-refractivity contribution in [2.45, 2.75) is 20.8 Å². The Hall–Kier alpha value is -1.77. The molecule has 1 aromatic carbocycles. The second-order valence-electron chi connectivity index (χ2n) is 3.71. The fourth-order valence-electron chi connectivity index (χ4n) is 1.76. The predicted molar refractivity (Wildman–Crippen MR) is 57.4 cm³/mol. The van der Waals surface area contributed by atoms with Crippen LogP contribution in [0.15, 0.2) is 16.5 Å². The van der Waals surface area contributed by atoms with E-state index in [0.717, 1.165) is 16.7 Å². The highest BCUT2D eigenvalue weighted by Crippen LogP contribution is 2.31. The number of furan rings is 1. The molecular weight excluding hydrogens is 192 g/mol. The number of fused-ring (bicyclic) bond motifs is 1. The highest BCUT2D eigenvalue weighted by atomic mass is 16.3. The lowest BCUT2D eigenvalue weighted by atomic mass is 10.0. The summed E-state index contributed by atoms with van der Waals surface area (Å²) >= 11 is 0. The van der Waals surface area contributed by atoms with Crippen LogP contribution >= 0.6 is 0 Å². The molecule has 0 bridgehead atoms. The van der Waals surface area contributed by atoms with Crippen molar-refractivity contribution < 1.29 is 14.3 Å². The second-order valence-corrected chi connectivity index (χ2v) is 3.71. The van der Waals surface area contributed by atoms with E-state index in [2.05, 4.69) is 0 Å². The zero-order valence-electron chi connectivity index (χ0n) is 8.92. The van der Waals surface area contributed by atoms with Gasteiger partial charge in [0, 0.05) is 17.0 Å². The summed E-state index contributed by atoms with van der Waals surface area (Å²) in [5.41, 5.74) is 2.03. The van der Waals surface area contributed by atoms with Crippen molar-refractivity contribution in [2.75, 3.05) is 0 Å². The molecule has 0 aliphatic carbocycles. The summed E-state index contributed by atoms with van der Waals surface area (Å²) in [5, 5.41) is 10.3. The molecule has 0 saturated carbocycles. The van der Waals surface area contributed by atoms with E-state index in [4.69, 9.17) is 4.42 Å². The smallest absolute Gasteiger partial charge is 0.160 e. The average molecular weight is 204 g/mol. The van der Waals surface area contributed by atoms with Crippen LogP contribution < -0.4 is 0 Å². The molecule has 1 heterocycles. The van der Waals surface area contributed by atoms with Crippen LogP contribution in [0.2, 0.25) is 0 Å². The number of Topliss-reactive ketones (excluding diaryl/α,β-unsaturated/α-hetero) is 1. The fourth-order valence-corrected chi connectivity index (χ4v) is 1.76. The fraction of sp³-hybridized carbons (Fsp3) is 0.250. The average Bonchev–Trinajstić information content (AvgIpc) is 2.41.